The molecular formula is C12H15F3O. The highest BCUT2D eigenvalue weighted by Crippen LogP contribution is 2.37. The molecule has 1 aromatic carbocycles. The van der Waals surface area contributed by atoms with Gasteiger partial charge in [-0.2, -0.15) is 13.2 Å². The highest BCUT2D eigenvalue weighted by molar-refractivity contribution is 5.44. The second-order valence-electron chi connectivity index (χ2n) is 4.06. The van der Waals surface area contributed by atoms with Crippen LogP contribution in [0.2, 0.25) is 0 Å². The third-order valence-electron chi connectivity index (χ3n) is 2.50. The Hall–Kier alpha value is -1.19. The summed E-state index contributed by atoms with van der Waals surface area (Å²) in [6, 6.07) is 2.62. The van der Waals surface area contributed by atoms with E-state index in [1.807, 2.05) is 13.8 Å². The Morgan fingerprint density at radius 1 is 1.19 bits per heavy atom. The van der Waals surface area contributed by atoms with Gasteiger partial charge in [0.2, 0.25) is 0 Å². The molecule has 0 atom stereocenters. The molecule has 0 saturated heterocycles. The highest BCUT2D eigenvalue weighted by atomic mass is 19.4. The number of rotatable bonds is 2. The van der Waals surface area contributed by atoms with E-state index in [1.54, 1.807) is 0 Å². The topological polar surface area (TPSA) is 9.23 Å². The average molecular weight is 232 g/mol. The Labute approximate surface area is 93.2 Å². The number of methoxy groups -OCH3 is 1. The maximum absolute atomic E-state index is 12.7. The lowest BCUT2D eigenvalue weighted by Crippen LogP contribution is -2.09. The summed E-state index contributed by atoms with van der Waals surface area (Å²) in [7, 11) is 1.47. The van der Waals surface area contributed by atoms with Crippen molar-refractivity contribution in [3.8, 4) is 5.75 Å². The van der Waals surface area contributed by atoms with Gasteiger partial charge in [-0.05, 0) is 36.1 Å². The number of ether oxygens (including phenoxy) is 1. The molecule has 0 saturated carbocycles. The van der Waals surface area contributed by atoms with Crippen molar-refractivity contribution in [2.45, 2.75) is 32.9 Å². The molecule has 1 aromatic rings. The summed E-state index contributed by atoms with van der Waals surface area (Å²) in [5, 5.41) is 0. The summed E-state index contributed by atoms with van der Waals surface area (Å²) in [4.78, 5) is 0. The summed E-state index contributed by atoms with van der Waals surface area (Å²) in [5.74, 6) is 0.511. The molecule has 4 heteroatoms. The zero-order valence-corrected chi connectivity index (χ0v) is 9.77. The molecule has 1 rings (SSSR count). The molecule has 16 heavy (non-hydrogen) atoms. The third-order valence-corrected chi connectivity index (χ3v) is 2.50. The number of halogens is 3. The van der Waals surface area contributed by atoms with Crippen molar-refractivity contribution in [3.05, 3.63) is 28.8 Å². The molecule has 0 amide bonds. The second-order valence-corrected chi connectivity index (χ2v) is 4.06. The van der Waals surface area contributed by atoms with Crippen molar-refractivity contribution >= 4 is 0 Å². The summed E-state index contributed by atoms with van der Waals surface area (Å²) in [6.07, 6.45) is -4.31. The van der Waals surface area contributed by atoms with Gasteiger partial charge >= 0.3 is 6.18 Å². The van der Waals surface area contributed by atoms with E-state index < -0.39 is 11.7 Å². The molecule has 0 aliphatic carbocycles. The van der Waals surface area contributed by atoms with E-state index in [4.69, 9.17) is 4.74 Å². The average Bonchev–Trinajstić information content (AvgIpc) is 2.14. The van der Waals surface area contributed by atoms with E-state index in [-0.39, 0.29) is 11.5 Å². The van der Waals surface area contributed by atoms with Crippen LogP contribution in [0.25, 0.3) is 0 Å². The molecule has 0 aliphatic heterocycles. The molecular weight excluding hydrogens is 217 g/mol. The predicted molar refractivity (Wildman–Crippen MR) is 56.8 cm³/mol. The molecule has 0 aliphatic rings. The molecule has 0 aromatic heterocycles. The second kappa shape index (κ2) is 4.36. The van der Waals surface area contributed by atoms with Crippen LogP contribution in [-0.2, 0) is 6.18 Å². The van der Waals surface area contributed by atoms with Crippen molar-refractivity contribution in [1.29, 1.82) is 0 Å². The SMILES string of the molecule is COc1cc(C)c(C(F)(F)F)cc1C(C)C. The Balaban J connectivity index is 3.39. The molecule has 0 fully saturated rings. The minimum absolute atomic E-state index is 0.00310. The quantitative estimate of drug-likeness (QED) is 0.744. The van der Waals surface area contributed by atoms with Crippen LogP contribution in [0.15, 0.2) is 12.1 Å². The lowest BCUT2D eigenvalue weighted by atomic mass is 9.96. The molecule has 0 unspecified atom stereocenters. The van der Waals surface area contributed by atoms with Gasteiger partial charge in [-0.3, -0.25) is 0 Å². The Kier molecular flexibility index (Phi) is 3.51. The Morgan fingerprint density at radius 2 is 1.75 bits per heavy atom. The maximum Gasteiger partial charge on any atom is 0.416 e. The maximum atomic E-state index is 12.7. The standard InChI is InChI=1S/C12H15F3O/c1-7(2)9-6-10(12(13,14)15)8(3)5-11(9)16-4/h5-7H,1-4H3. The van der Waals surface area contributed by atoms with Gasteiger partial charge < -0.3 is 4.74 Å². The van der Waals surface area contributed by atoms with Crippen molar-refractivity contribution < 1.29 is 17.9 Å². The zero-order valence-electron chi connectivity index (χ0n) is 9.77. The largest absolute Gasteiger partial charge is 0.496 e. The lowest BCUT2D eigenvalue weighted by Gasteiger charge is -2.17. The van der Waals surface area contributed by atoms with Crippen LogP contribution in [0.4, 0.5) is 13.2 Å². The van der Waals surface area contributed by atoms with Gasteiger partial charge in [0.25, 0.3) is 0 Å². The minimum Gasteiger partial charge on any atom is -0.496 e. The fourth-order valence-electron chi connectivity index (χ4n) is 1.63. The molecule has 1 nitrogen and oxygen atoms in total. The van der Waals surface area contributed by atoms with Gasteiger partial charge in [0, 0.05) is 0 Å². The summed E-state index contributed by atoms with van der Waals surface area (Å²) >= 11 is 0. The summed E-state index contributed by atoms with van der Waals surface area (Å²) in [5.41, 5.74) is 0.186. The van der Waals surface area contributed by atoms with Crippen LogP contribution >= 0.6 is 0 Å². The summed E-state index contributed by atoms with van der Waals surface area (Å²) in [6.45, 7) is 5.12. The van der Waals surface area contributed by atoms with Crippen molar-refractivity contribution in [3.63, 3.8) is 0 Å². The molecule has 0 radical (unpaired) electrons. The number of hydrogen-bond acceptors (Lipinski definition) is 1. The van der Waals surface area contributed by atoms with Crippen LogP contribution in [0, 0.1) is 6.92 Å². The van der Waals surface area contributed by atoms with Crippen molar-refractivity contribution in [2.75, 3.05) is 7.11 Å². The van der Waals surface area contributed by atoms with Gasteiger partial charge in [-0.25, -0.2) is 0 Å². The zero-order chi connectivity index (χ0) is 12.5. The molecule has 90 valence electrons. The number of benzene rings is 1. The monoisotopic (exact) mass is 232 g/mol. The van der Waals surface area contributed by atoms with Gasteiger partial charge in [0.1, 0.15) is 5.75 Å². The molecule has 0 N–H and O–H groups in total. The first-order valence-corrected chi connectivity index (χ1v) is 5.03. The molecule has 0 spiro atoms. The Morgan fingerprint density at radius 3 is 2.12 bits per heavy atom. The molecule has 0 bridgehead atoms. The van der Waals surface area contributed by atoms with E-state index >= 15 is 0 Å². The first-order chi connectivity index (χ1) is 7.27. The first kappa shape index (κ1) is 12.9. The van der Waals surface area contributed by atoms with Crippen LogP contribution < -0.4 is 4.74 Å². The highest BCUT2D eigenvalue weighted by Gasteiger charge is 2.33. The van der Waals surface area contributed by atoms with E-state index in [9.17, 15) is 13.2 Å². The fraction of sp³-hybridized carbons (Fsp3) is 0.500. The van der Waals surface area contributed by atoms with E-state index in [2.05, 4.69) is 0 Å². The van der Waals surface area contributed by atoms with Crippen molar-refractivity contribution in [1.82, 2.24) is 0 Å². The normalized spacial score (nSPS) is 12.0. The molecule has 0 heterocycles. The van der Waals surface area contributed by atoms with Gasteiger partial charge in [-0.15, -0.1) is 0 Å². The number of aryl methyl sites for hydroxylation is 1. The van der Waals surface area contributed by atoms with Gasteiger partial charge in [0.05, 0.1) is 12.7 Å². The predicted octanol–water partition coefficient (Wildman–Crippen LogP) is 4.15. The summed E-state index contributed by atoms with van der Waals surface area (Å²) < 4.78 is 43.1. The van der Waals surface area contributed by atoms with Crippen LogP contribution in [-0.4, -0.2) is 7.11 Å². The minimum atomic E-state index is -4.31. The fourth-order valence-corrected chi connectivity index (χ4v) is 1.63. The van der Waals surface area contributed by atoms with Crippen LogP contribution in [0.3, 0.4) is 0 Å². The third kappa shape index (κ3) is 2.49. The van der Waals surface area contributed by atoms with Gasteiger partial charge in [-0.1, -0.05) is 13.8 Å². The van der Waals surface area contributed by atoms with E-state index in [0.717, 1.165) is 0 Å². The van der Waals surface area contributed by atoms with Crippen molar-refractivity contribution in [2.24, 2.45) is 0 Å². The number of hydrogen-bond donors (Lipinski definition) is 0. The van der Waals surface area contributed by atoms with Gasteiger partial charge in [0.15, 0.2) is 0 Å². The van der Waals surface area contributed by atoms with Crippen LogP contribution in [0.5, 0.6) is 5.75 Å². The Bertz CT molecular complexity index is 381. The van der Waals surface area contributed by atoms with Crippen LogP contribution in [0.1, 0.15) is 36.5 Å². The van der Waals surface area contributed by atoms with E-state index in [0.29, 0.717) is 11.3 Å². The van der Waals surface area contributed by atoms with E-state index in [1.165, 1.54) is 26.2 Å². The smallest absolute Gasteiger partial charge is 0.416 e. The lowest BCUT2D eigenvalue weighted by molar-refractivity contribution is -0.138. The number of alkyl halides is 3. The first-order valence-electron chi connectivity index (χ1n) is 5.03.